The van der Waals surface area contributed by atoms with E-state index in [4.69, 9.17) is 4.74 Å². The van der Waals surface area contributed by atoms with Gasteiger partial charge in [-0.05, 0) is 97.3 Å². The van der Waals surface area contributed by atoms with Crippen LogP contribution in [-0.4, -0.2) is 56.7 Å². The molecule has 61 heavy (non-hydrogen) atoms. The Morgan fingerprint density at radius 1 is 0.852 bits per heavy atom. The highest BCUT2D eigenvalue weighted by Crippen LogP contribution is 2.40. The minimum Gasteiger partial charge on any atom is -0.461 e. The van der Waals surface area contributed by atoms with Crippen LogP contribution in [0.2, 0.25) is 0 Å². The van der Waals surface area contributed by atoms with E-state index in [9.17, 15) is 19.2 Å². The number of hydrogen-bond donors (Lipinski definition) is 2. The molecule has 0 saturated carbocycles. The number of fused-ring (bicyclic) bond motifs is 3. The Balaban J connectivity index is 0.000000260. The third-order valence-electron chi connectivity index (χ3n) is 11.1. The second-order valence-corrected chi connectivity index (χ2v) is 17.3. The molecule has 0 atom stereocenters. The van der Waals surface area contributed by atoms with Gasteiger partial charge < -0.3 is 29.1 Å². The van der Waals surface area contributed by atoms with Gasteiger partial charge >= 0.3 is 5.97 Å². The number of aryl methyl sites for hydroxylation is 6. The third kappa shape index (κ3) is 8.83. The summed E-state index contributed by atoms with van der Waals surface area (Å²) in [5.74, 6) is 1.13. The van der Waals surface area contributed by atoms with Crippen molar-refractivity contribution in [2.45, 2.75) is 87.5 Å². The molecule has 0 fully saturated rings. The number of carbonyl (C=O) groups is 2. The van der Waals surface area contributed by atoms with Crippen LogP contribution in [0.1, 0.15) is 73.3 Å². The van der Waals surface area contributed by atoms with Crippen LogP contribution in [0.15, 0.2) is 69.1 Å². The molecule has 1 aliphatic carbocycles. The van der Waals surface area contributed by atoms with Crippen molar-refractivity contribution in [1.82, 2.24) is 38.2 Å². The fraction of sp³-hybridized carbons (Fsp3) is 0.386. The number of amides is 1. The van der Waals surface area contributed by atoms with Gasteiger partial charge in [0.15, 0.2) is 11.6 Å². The molecule has 17 heteroatoms. The first-order valence-corrected chi connectivity index (χ1v) is 21.1. The van der Waals surface area contributed by atoms with E-state index in [0.717, 1.165) is 35.2 Å². The number of nitrogens with zero attached hydrogens (tertiary/aromatic N) is 9. The van der Waals surface area contributed by atoms with E-state index in [1.54, 1.807) is 49.7 Å². The van der Waals surface area contributed by atoms with E-state index in [1.165, 1.54) is 27.3 Å². The fourth-order valence-corrected chi connectivity index (χ4v) is 8.72. The summed E-state index contributed by atoms with van der Waals surface area (Å²) in [7, 11) is 3.40. The molecule has 8 rings (SSSR count). The SMILES string of the molecule is CCn1nc(Nc2cc(-c3ccnc(N4CCn5c(cc6c5CC(C)(C)C6)C4=O)c3COC(C)=O)cn(C)c2=O)cc1C.CCn1nc(Nc2cc(Br)cn(C)c2=O)cc1C. The first-order valence-electron chi connectivity index (χ1n) is 20.3. The largest absolute Gasteiger partial charge is 0.461 e. The summed E-state index contributed by atoms with van der Waals surface area (Å²) in [5, 5.41) is 15.1. The zero-order valence-corrected chi connectivity index (χ0v) is 37.7. The van der Waals surface area contributed by atoms with Gasteiger partial charge in [-0.3, -0.25) is 33.4 Å². The van der Waals surface area contributed by atoms with E-state index in [0.29, 0.717) is 70.8 Å². The molecule has 1 amide bonds. The van der Waals surface area contributed by atoms with Gasteiger partial charge in [0, 0.05) is 111 Å². The average Bonchev–Trinajstić information content (AvgIpc) is 3.94. The summed E-state index contributed by atoms with van der Waals surface area (Å²) in [6, 6.07) is 11.2. The van der Waals surface area contributed by atoms with Crippen LogP contribution in [0.25, 0.3) is 11.1 Å². The van der Waals surface area contributed by atoms with Gasteiger partial charge in [0.05, 0.1) is 0 Å². The molecule has 6 aromatic heterocycles. The summed E-state index contributed by atoms with van der Waals surface area (Å²) < 4.78 is 15.2. The zero-order valence-electron chi connectivity index (χ0n) is 36.1. The molecule has 7 heterocycles. The first-order chi connectivity index (χ1) is 29.0. The molecule has 0 radical (unpaired) electrons. The van der Waals surface area contributed by atoms with Crippen LogP contribution in [0.5, 0.6) is 0 Å². The van der Waals surface area contributed by atoms with E-state index >= 15 is 0 Å². The lowest BCUT2D eigenvalue weighted by Gasteiger charge is -2.31. The van der Waals surface area contributed by atoms with Gasteiger partial charge in [0.1, 0.15) is 29.5 Å². The second kappa shape index (κ2) is 17.0. The van der Waals surface area contributed by atoms with Crippen molar-refractivity contribution in [2.24, 2.45) is 19.5 Å². The molecule has 2 aliphatic rings. The highest BCUT2D eigenvalue weighted by Gasteiger charge is 2.37. The van der Waals surface area contributed by atoms with Gasteiger partial charge in [-0.25, -0.2) is 4.98 Å². The Morgan fingerprint density at radius 2 is 1.46 bits per heavy atom. The summed E-state index contributed by atoms with van der Waals surface area (Å²) in [6.07, 6.45) is 7.00. The summed E-state index contributed by atoms with van der Waals surface area (Å²) in [5.41, 5.74) is 7.94. The number of ether oxygens (including phenoxy) is 1. The highest BCUT2D eigenvalue weighted by molar-refractivity contribution is 9.10. The zero-order chi connectivity index (χ0) is 43.9. The van der Waals surface area contributed by atoms with Crippen molar-refractivity contribution in [2.75, 3.05) is 22.1 Å². The molecular weight excluding hydrogens is 842 g/mol. The number of pyridine rings is 3. The van der Waals surface area contributed by atoms with Gasteiger partial charge in [0.2, 0.25) is 0 Å². The van der Waals surface area contributed by atoms with Crippen molar-refractivity contribution in [3.8, 4) is 11.1 Å². The van der Waals surface area contributed by atoms with Crippen molar-refractivity contribution in [3.63, 3.8) is 0 Å². The minimum atomic E-state index is -0.441. The van der Waals surface area contributed by atoms with E-state index < -0.39 is 5.97 Å². The number of halogens is 1. The molecule has 0 spiro atoms. The maximum atomic E-state index is 13.9. The number of aromatic nitrogens is 8. The summed E-state index contributed by atoms with van der Waals surface area (Å²) in [4.78, 5) is 57.2. The van der Waals surface area contributed by atoms with E-state index in [2.05, 4.69) is 60.2 Å². The lowest BCUT2D eigenvalue weighted by molar-refractivity contribution is -0.142. The number of nitrogens with one attached hydrogen (secondary N) is 2. The smallest absolute Gasteiger partial charge is 0.302 e. The van der Waals surface area contributed by atoms with Crippen LogP contribution in [0, 0.1) is 19.3 Å². The first kappa shape index (κ1) is 42.9. The quantitative estimate of drug-likeness (QED) is 0.140. The molecular formula is C44H52BrN11O5. The van der Waals surface area contributed by atoms with Crippen molar-refractivity contribution >= 4 is 56.6 Å². The molecule has 2 N–H and O–H groups in total. The Morgan fingerprint density at radius 3 is 2.05 bits per heavy atom. The number of esters is 1. The van der Waals surface area contributed by atoms with Crippen LogP contribution >= 0.6 is 15.9 Å². The van der Waals surface area contributed by atoms with Gasteiger partial charge in [-0.15, -0.1) is 0 Å². The highest BCUT2D eigenvalue weighted by atomic mass is 79.9. The van der Waals surface area contributed by atoms with E-state index in [-0.39, 0.29) is 29.0 Å². The van der Waals surface area contributed by atoms with Crippen LogP contribution < -0.4 is 26.7 Å². The van der Waals surface area contributed by atoms with Crippen molar-refractivity contribution in [3.05, 3.63) is 114 Å². The Bertz CT molecular complexity index is 2790. The third-order valence-corrected chi connectivity index (χ3v) is 11.5. The molecule has 0 saturated heterocycles. The van der Waals surface area contributed by atoms with Crippen molar-refractivity contribution in [1.29, 1.82) is 0 Å². The Hall–Kier alpha value is -6.23. The predicted octanol–water partition coefficient (Wildman–Crippen LogP) is 6.78. The molecule has 1 aliphatic heterocycles. The summed E-state index contributed by atoms with van der Waals surface area (Å²) in [6.45, 7) is 16.4. The molecule has 0 unspecified atom stereocenters. The number of hydrogen-bond acceptors (Lipinski definition) is 10. The van der Waals surface area contributed by atoms with Crippen LogP contribution in [-0.2, 0) is 62.7 Å². The number of rotatable bonds is 10. The number of anilines is 5. The normalized spacial score (nSPS) is 14.0. The van der Waals surface area contributed by atoms with Crippen LogP contribution in [0.4, 0.5) is 28.8 Å². The maximum absolute atomic E-state index is 13.9. The molecule has 6 aromatic rings. The Kier molecular flexibility index (Phi) is 12.0. The maximum Gasteiger partial charge on any atom is 0.302 e. The molecule has 0 aromatic carbocycles. The van der Waals surface area contributed by atoms with Crippen molar-refractivity contribution < 1.29 is 14.3 Å². The lowest BCUT2D eigenvalue weighted by Crippen LogP contribution is -2.41. The molecule has 16 nitrogen and oxygen atoms in total. The van der Waals surface area contributed by atoms with Gasteiger partial charge in [0.25, 0.3) is 17.0 Å². The minimum absolute atomic E-state index is 0.0744. The fourth-order valence-electron chi connectivity index (χ4n) is 8.18. The lowest BCUT2D eigenvalue weighted by atomic mass is 9.90. The topological polar surface area (TPSA) is 168 Å². The number of carbonyl (C=O) groups excluding carboxylic acids is 2. The average molecular weight is 895 g/mol. The summed E-state index contributed by atoms with van der Waals surface area (Å²) >= 11 is 3.37. The Labute approximate surface area is 362 Å². The standard InChI is InChI=1S/C32H37N7O4.C12H15BrN4O/c1-7-39-19(2)12-28(35-39)34-25-13-22(17-36(6)30(25)41)23-8-9-33-29(24(23)18-43-20(3)40)38-11-10-37-26(31(38)42)14-21-15-32(4,5)16-27(21)37;1-4-17-8(2)5-11(15-17)14-10-6-9(13)7-16(3)12(10)18/h8-9,12-14,17H,7,10-11,15-16,18H2,1-6H3,(H,34,35);5-7H,4H2,1-3H3,(H,14,15). The van der Waals surface area contributed by atoms with Crippen LogP contribution in [0.3, 0.4) is 0 Å². The van der Waals surface area contributed by atoms with Gasteiger partial charge in [-0.2, -0.15) is 10.2 Å². The monoisotopic (exact) mass is 893 g/mol. The van der Waals surface area contributed by atoms with Gasteiger partial charge in [-0.1, -0.05) is 13.8 Å². The molecule has 320 valence electrons. The molecule has 0 bridgehead atoms. The van der Waals surface area contributed by atoms with E-state index in [1.807, 2.05) is 61.3 Å². The predicted molar refractivity (Wildman–Crippen MR) is 239 cm³/mol. The second-order valence-electron chi connectivity index (χ2n) is 16.3.